The topological polar surface area (TPSA) is 43.9 Å². The number of likely N-dealkylation sites (N-methyl/N-ethyl adjacent to an activating group) is 1. The van der Waals surface area contributed by atoms with E-state index in [2.05, 4.69) is 22.9 Å². The summed E-state index contributed by atoms with van der Waals surface area (Å²) in [6.07, 6.45) is 1.27. The van der Waals surface area contributed by atoms with Crippen LogP contribution < -0.4 is 4.90 Å². The average Bonchev–Trinajstić information content (AvgIpc) is 2.45. The van der Waals surface area contributed by atoms with Crippen molar-refractivity contribution in [1.82, 2.24) is 9.21 Å². The number of hydrogen-bond donors (Lipinski definition) is 0. The van der Waals surface area contributed by atoms with E-state index in [0.29, 0.717) is 13.1 Å². The van der Waals surface area contributed by atoms with Crippen molar-refractivity contribution in [2.45, 2.75) is 13.5 Å². The molecule has 1 aliphatic heterocycles. The van der Waals surface area contributed by atoms with Crippen molar-refractivity contribution in [1.29, 1.82) is 0 Å². The van der Waals surface area contributed by atoms with Gasteiger partial charge in [-0.1, -0.05) is 25.1 Å². The van der Waals surface area contributed by atoms with Crippen LogP contribution >= 0.6 is 0 Å². The molecule has 6 heteroatoms. The minimum atomic E-state index is -3.16. The summed E-state index contributed by atoms with van der Waals surface area (Å²) in [5.41, 5.74) is 2.24. The van der Waals surface area contributed by atoms with E-state index in [4.69, 9.17) is 0 Å². The van der Waals surface area contributed by atoms with Crippen LogP contribution in [0.1, 0.15) is 12.5 Å². The van der Waals surface area contributed by atoms with Crippen molar-refractivity contribution in [3.05, 3.63) is 29.8 Å². The van der Waals surface area contributed by atoms with Gasteiger partial charge in [-0.2, -0.15) is 4.31 Å². The number of benzene rings is 1. The lowest BCUT2D eigenvalue weighted by molar-refractivity contribution is 0.312. The maximum Gasteiger partial charge on any atom is 0.211 e. The summed E-state index contributed by atoms with van der Waals surface area (Å²) < 4.78 is 25.1. The van der Waals surface area contributed by atoms with Crippen molar-refractivity contribution in [2.75, 3.05) is 50.9 Å². The molecule has 1 aliphatic rings. The quantitative estimate of drug-likeness (QED) is 0.820. The molecule has 1 fully saturated rings. The third-order valence-electron chi connectivity index (χ3n) is 4.00. The summed E-state index contributed by atoms with van der Waals surface area (Å²) in [4.78, 5) is 4.67. The summed E-state index contributed by atoms with van der Waals surface area (Å²) in [7, 11) is -1.03. The Kier molecular flexibility index (Phi) is 5.24. The molecule has 1 aromatic rings. The van der Waals surface area contributed by atoms with Gasteiger partial charge in [0.25, 0.3) is 0 Å². The Morgan fingerprint density at radius 3 is 2.33 bits per heavy atom. The summed E-state index contributed by atoms with van der Waals surface area (Å²) in [6, 6.07) is 8.12. The van der Waals surface area contributed by atoms with E-state index in [1.165, 1.54) is 10.6 Å². The molecule has 0 aromatic heterocycles. The smallest absolute Gasteiger partial charge is 0.211 e. The van der Waals surface area contributed by atoms with Gasteiger partial charge in [0.1, 0.15) is 0 Å². The number of sulfonamides is 1. The molecular weight excluding hydrogens is 286 g/mol. The lowest BCUT2D eigenvalue weighted by Crippen LogP contribution is -2.45. The van der Waals surface area contributed by atoms with Gasteiger partial charge in [-0.15, -0.1) is 0 Å². The Morgan fingerprint density at radius 2 is 1.76 bits per heavy atom. The zero-order valence-corrected chi connectivity index (χ0v) is 13.9. The second-order valence-electron chi connectivity index (χ2n) is 5.61. The van der Waals surface area contributed by atoms with Gasteiger partial charge in [0.2, 0.25) is 10.0 Å². The van der Waals surface area contributed by atoms with Gasteiger partial charge in [0, 0.05) is 45.0 Å². The molecule has 1 saturated heterocycles. The fourth-order valence-electron chi connectivity index (χ4n) is 2.65. The fraction of sp³-hybridized carbons (Fsp3) is 0.600. The summed E-state index contributed by atoms with van der Waals surface area (Å²) >= 11 is 0. The van der Waals surface area contributed by atoms with Crippen LogP contribution in [0.25, 0.3) is 0 Å². The summed E-state index contributed by atoms with van der Waals surface area (Å²) in [5, 5.41) is 0. The lowest BCUT2D eigenvalue weighted by atomic mass is 10.1. The standard InChI is InChI=1S/C15H25N3O2S/c1-4-18(21(3,19)20)13-14-7-5-6-8-15(14)17-11-9-16(2)10-12-17/h5-8H,4,9-13H2,1-3H3. The highest BCUT2D eigenvalue weighted by Gasteiger charge is 2.20. The molecule has 1 heterocycles. The van der Waals surface area contributed by atoms with Gasteiger partial charge in [0.15, 0.2) is 0 Å². The molecule has 5 nitrogen and oxygen atoms in total. The molecule has 0 aliphatic carbocycles. The van der Waals surface area contributed by atoms with Crippen LogP contribution in [-0.4, -0.2) is 63.7 Å². The minimum Gasteiger partial charge on any atom is -0.369 e. The van der Waals surface area contributed by atoms with Crippen LogP contribution in [0, 0.1) is 0 Å². The third kappa shape index (κ3) is 4.18. The number of rotatable bonds is 5. The first-order valence-electron chi connectivity index (χ1n) is 7.38. The van der Waals surface area contributed by atoms with Crippen molar-refractivity contribution >= 4 is 15.7 Å². The number of hydrogen-bond acceptors (Lipinski definition) is 4. The second-order valence-corrected chi connectivity index (χ2v) is 7.59. The summed E-state index contributed by atoms with van der Waals surface area (Å²) in [6.45, 7) is 6.86. The van der Waals surface area contributed by atoms with Gasteiger partial charge >= 0.3 is 0 Å². The fourth-order valence-corrected chi connectivity index (χ4v) is 3.50. The van der Waals surface area contributed by atoms with E-state index in [0.717, 1.165) is 37.4 Å². The molecule has 0 spiro atoms. The Balaban J connectivity index is 2.21. The normalized spacial score (nSPS) is 17.4. The molecule has 0 bridgehead atoms. The molecule has 118 valence electrons. The Morgan fingerprint density at radius 1 is 1.14 bits per heavy atom. The number of nitrogens with zero attached hydrogens (tertiary/aromatic N) is 3. The first kappa shape index (κ1) is 16.3. The zero-order chi connectivity index (χ0) is 15.5. The number of anilines is 1. The Hall–Kier alpha value is -1.11. The maximum atomic E-state index is 11.8. The SMILES string of the molecule is CCN(Cc1ccccc1N1CCN(C)CC1)S(C)(=O)=O. The van der Waals surface area contributed by atoms with Crippen LogP contribution in [-0.2, 0) is 16.6 Å². The minimum absolute atomic E-state index is 0.442. The maximum absolute atomic E-state index is 11.8. The second kappa shape index (κ2) is 6.77. The predicted molar refractivity (Wildman–Crippen MR) is 87.1 cm³/mol. The molecule has 0 unspecified atom stereocenters. The van der Waals surface area contributed by atoms with Gasteiger partial charge in [0.05, 0.1) is 6.26 Å². The summed E-state index contributed by atoms with van der Waals surface area (Å²) in [5.74, 6) is 0. The van der Waals surface area contributed by atoms with Gasteiger partial charge in [-0.3, -0.25) is 0 Å². The van der Waals surface area contributed by atoms with Crippen molar-refractivity contribution in [3.8, 4) is 0 Å². The lowest BCUT2D eigenvalue weighted by Gasteiger charge is -2.35. The highest BCUT2D eigenvalue weighted by atomic mass is 32.2. The molecule has 0 radical (unpaired) electrons. The van der Waals surface area contributed by atoms with Crippen molar-refractivity contribution < 1.29 is 8.42 Å². The van der Waals surface area contributed by atoms with Gasteiger partial charge < -0.3 is 9.80 Å². The number of para-hydroxylation sites is 1. The molecule has 0 amide bonds. The van der Waals surface area contributed by atoms with Crippen LogP contribution in [0.4, 0.5) is 5.69 Å². The van der Waals surface area contributed by atoms with E-state index >= 15 is 0 Å². The zero-order valence-electron chi connectivity index (χ0n) is 13.1. The van der Waals surface area contributed by atoms with E-state index in [-0.39, 0.29) is 0 Å². The van der Waals surface area contributed by atoms with E-state index in [1.807, 2.05) is 25.1 Å². The Bertz CT molecular complexity index is 566. The van der Waals surface area contributed by atoms with Crippen molar-refractivity contribution in [2.24, 2.45) is 0 Å². The van der Waals surface area contributed by atoms with Crippen LogP contribution in [0.3, 0.4) is 0 Å². The van der Waals surface area contributed by atoms with E-state index in [1.54, 1.807) is 0 Å². The molecule has 21 heavy (non-hydrogen) atoms. The van der Waals surface area contributed by atoms with Crippen LogP contribution in [0.15, 0.2) is 24.3 Å². The molecule has 2 rings (SSSR count). The largest absolute Gasteiger partial charge is 0.369 e. The van der Waals surface area contributed by atoms with Gasteiger partial charge in [-0.25, -0.2) is 8.42 Å². The van der Waals surface area contributed by atoms with E-state index in [9.17, 15) is 8.42 Å². The van der Waals surface area contributed by atoms with E-state index < -0.39 is 10.0 Å². The monoisotopic (exact) mass is 311 g/mol. The molecule has 0 N–H and O–H groups in total. The highest BCUT2D eigenvalue weighted by Crippen LogP contribution is 2.23. The molecule has 0 saturated carbocycles. The van der Waals surface area contributed by atoms with Gasteiger partial charge in [-0.05, 0) is 18.7 Å². The molecule has 0 atom stereocenters. The first-order valence-corrected chi connectivity index (χ1v) is 9.23. The highest BCUT2D eigenvalue weighted by molar-refractivity contribution is 7.88. The molecular formula is C15H25N3O2S. The predicted octanol–water partition coefficient (Wildman–Crippen LogP) is 1.22. The third-order valence-corrected chi connectivity index (χ3v) is 5.33. The van der Waals surface area contributed by atoms with Crippen LogP contribution in [0.2, 0.25) is 0 Å². The average molecular weight is 311 g/mol. The number of piperazine rings is 1. The van der Waals surface area contributed by atoms with Crippen LogP contribution in [0.5, 0.6) is 0 Å². The molecule has 1 aromatic carbocycles. The van der Waals surface area contributed by atoms with Crippen molar-refractivity contribution in [3.63, 3.8) is 0 Å². The first-order chi connectivity index (χ1) is 9.91. The Labute approximate surface area is 128 Å².